The molecule has 2 aliphatic rings. The highest BCUT2D eigenvalue weighted by molar-refractivity contribution is 7.92. The van der Waals surface area contributed by atoms with Gasteiger partial charge in [0.1, 0.15) is 5.75 Å². The van der Waals surface area contributed by atoms with E-state index in [2.05, 4.69) is 10.2 Å². The summed E-state index contributed by atoms with van der Waals surface area (Å²) in [5.74, 6) is 0.0125. The van der Waals surface area contributed by atoms with Crippen LogP contribution in [0.25, 0.3) is 0 Å². The van der Waals surface area contributed by atoms with Crippen LogP contribution in [0, 0.1) is 6.92 Å². The molecule has 0 aliphatic carbocycles. The minimum absolute atomic E-state index is 0.0625. The molecule has 7 nitrogen and oxygen atoms in total. The van der Waals surface area contributed by atoms with Gasteiger partial charge in [-0.05, 0) is 68.1 Å². The van der Waals surface area contributed by atoms with E-state index in [4.69, 9.17) is 4.74 Å². The van der Waals surface area contributed by atoms with Gasteiger partial charge in [0.2, 0.25) is 10.0 Å². The molecule has 8 heteroatoms. The van der Waals surface area contributed by atoms with E-state index in [0.29, 0.717) is 17.1 Å². The van der Waals surface area contributed by atoms with E-state index in [1.807, 2.05) is 37.3 Å². The fourth-order valence-electron chi connectivity index (χ4n) is 3.94. The molecule has 2 aliphatic heterocycles. The third kappa shape index (κ3) is 4.38. The van der Waals surface area contributed by atoms with Crippen molar-refractivity contribution in [1.29, 1.82) is 0 Å². The van der Waals surface area contributed by atoms with Crippen molar-refractivity contribution in [2.24, 2.45) is 0 Å². The van der Waals surface area contributed by atoms with E-state index in [0.717, 1.165) is 30.6 Å². The molecule has 0 aromatic heterocycles. The molecule has 1 N–H and O–H groups in total. The second kappa shape index (κ2) is 8.18. The molecule has 1 atom stereocenters. The Morgan fingerprint density at radius 3 is 2.43 bits per heavy atom. The zero-order valence-corrected chi connectivity index (χ0v) is 18.1. The molecule has 30 heavy (non-hydrogen) atoms. The third-order valence-electron chi connectivity index (χ3n) is 5.53. The summed E-state index contributed by atoms with van der Waals surface area (Å²) in [4.78, 5) is 15.2. The second-order valence-electron chi connectivity index (χ2n) is 7.96. The van der Waals surface area contributed by atoms with Gasteiger partial charge in [-0.3, -0.25) is 9.10 Å². The van der Waals surface area contributed by atoms with Crippen LogP contribution in [0.1, 0.15) is 24.8 Å². The molecule has 4 rings (SSSR count). The number of piperidine rings is 1. The van der Waals surface area contributed by atoms with Gasteiger partial charge in [0.25, 0.3) is 5.91 Å². The number of hydrogen-bond acceptors (Lipinski definition) is 5. The summed E-state index contributed by atoms with van der Waals surface area (Å²) in [5, 5.41) is 2.85. The first-order valence-corrected chi connectivity index (χ1v) is 12.1. The average Bonchev–Trinajstić information content (AvgIpc) is 2.73. The van der Waals surface area contributed by atoms with Crippen LogP contribution in [-0.2, 0) is 14.8 Å². The molecule has 1 fully saturated rings. The zero-order valence-electron chi connectivity index (χ0n) is 17.3. The molecule has 0 unspecified atom stereocenters. The Bertz CT molecular complexity index is 1030. The van der Waals surface area contributed by atoms with Gasteiger partial charge in [0, 0.05) is 24.5 Å². The van der Waals surface area contributed by atoms with Crippen molar-refractivity contribution in [2.45, 2.75) is 32.3 Å². The van der Waals surface area contributed by atoms with Crippen LogP contribution in [-0.4, -0.2) is 46.3 Å². The van der Waals surface area contributed by atoms with Crippen LogP contribution >= 0.6 is 0 Å². The largest absolute Gasteiger partial charge is 0.476 e. The molecule has 1 saturated heterocycles. The minimum atomic E-state index is -3.55. The first-order chi connectivity index (χ1) is 14.3. The van der Waals surface area contributed by atoms with Gasteiger partial charge in [-0.1, -0.05) is 6.07 Å². The van der Waals surface area contributed by atoms with Gasteiger partial charge in [-0.2, -0.15) is 0 Å². The third-order valence-corrected chi connectivity index (χ3v) is 6.68. The van der Waals surface area contributed by atoms with Crippen LogP contribution in [0.5, 0.6) is 5.75 Å². The van der Waals surface area contributed by atoms with Crippen molar-refractivity contribution in [3.8, 4) is 5.75 Å². The van der Waals surface area contributed by atoms with Crippen LogP contribution < -0.4 is 19.3 Å². The number of sulfonamides is 1. The number of carbonyl (C=O) groups is 1. The fourth-order valence-corrected chi connectivity index (χ4v) is 4.85. The lowest BCUT2D eigenvalue weighted by Crippen LogP contribution is -2.48. The molecule has 0 radical (unpaired) electrons. The number of rotatable bonds is 4. The normalized spacial score (nSPS) is 19.1. The topological polar surface area (TPSA) is 79.0 Å². The Kier molecular flexibility index (Phi) is 5.60. The van der Waals surface area contributed by atoms with Gasteiger partial charge >= 0.3 is 0 Å². The van der Waals surface area contributed by atoms with E-state index in [-0.39, 0.29) is 12.5 Å². The number of fused-ring (bicyclic) bond motifs is 1. The number of hydrogen-bond donors (Lipinski definition) is 1. The highest BCUT2D eigenvalue weighted by atomic mass is 32.2. The lowest BCUT2D eigenvalue weighted by Gasteiger charge is -2.34. The Balaban J connectivity index is 1.49. The molecule has 0 saturated carbocycles. The quantitative estimate of drug-likeness (QED) is 0.808. The number of anilines is 3. The first-order valence-electron chi connectivity index (χ1n) is 10.2. The number of ether oxygens (including phenoxy) is 1. The number of aryl methyl sites for hydroxylation is 1. The summed E-state index contributed by atoms with van der Waals surface area (Å²) >= 11 is 0. The Hall–Kier alpha value is -2.74. The van der Waals surface area contributed by atoms with Crippen molar-refractivity contribution in [3.63, 3.8) is 0 Å². The van der Waals surface area contributed by atoms with Crippen LogP contribution in [0.2, 0.25) is 0 Å². The molecule has 2 aromatic carbocycles. The number of carbonyl (C=O) groups excluding carboxylic acids is 1. The Morgan fingerprint density at radius 1 is 1.07 bits per heavy atom. The molecule has 2 heterocycles. The summed E-state index contributed by atoms with van der Waals surface area (Å²) in [5.41, 5.74) is 3.19. The first kappa shape index (κ1) is 20.5. The average molecular weight is 430 g/mol. The van der Waals surface area contributed by atoms with Crippen molar-refractivity contribution in [3.05, 3.63) is 48.0 Å². The molecule has 2 aromatic rings. The minimum Gasteiger partial charge on any atom is -0.476 e. The van der Waals surface area contributed by atoms with Crippen molar-refractivity contribution in [2.75, 3.05) is 40.4 Å². The summed E-state index contributed by atoms with van der Waals surface area (Å²) < 4.78 is 31.7. The van der Waals surface area contributed by atoms with Gasteiger partial charge in [-0.25, -0.2) is 8.42 Å². The predicted octanol–water partition coefficient (Wildman–Crippen LogP) is 3.15. The van der Waals surface area contributed by atoms with E-state index < -0.39 is 16.1 Å². The summed E-state index contributed by atoms with van der Waals surface area (Å²) in [7, 11) is -3.55. The SMILES string of the molecule is Cc1ccc2c(c1)N(S(C)(=O)=O)C[C@@H](C(=O)Nc1ccc(N3CCCCC3)cc1)O2. The van der Waals surface area contributed by atoms with E-state index in [1.54, 1.807) is 12.1 Å². The maximum absolute atomic E-state index is 12.8. The van der Waals surface area contributed by atoms with Crippen molar-refractivity contribution < 1.29 is 17.9 Å². The fraction of sp³-hybridized carbons (Fsp3) is 0.409. The maximum atomic E-state index is 12.8. The summed E-state index contributed by atoms with van der Waals surface area (Å²) in [6, 6.07) is 13.0. The smallest absolute Gasteiger partial charge is 0.267 e. The second-order valence-corrected chi connectivity index (χ2v) is 9.86. The highest BCUT2D eigenvalue weighted by Crippen LogP contribution is 2.36. The van der Waals surface area contributed by atoms with Crippen molar-refractivity contribution in [1.82, 2.24) is 0 Å². The van der Waals surface area contributed by atoms with Crippen LogP contribution in [0.3, 0.4) is 0 Å². The van der Waals surface area contributed by atoms with Crippen LogP contribution in [0.4, 0.5) is 17.1 Å². The van der Waals surface area contributed by atoms with E-state index in [1.165, 1.54) is 23.6 Å². The Morgan fingerprint density at radius 2 is 1.77 bits per heavy atom. The number of amides is 1. The predicted molar refractivity (Wildman–Crippen MR) is 119 cm³/mol. The maximum Gasteiger partial charge on any atom is 0.267 e. The highest BCUT2D eigenvalue weighted by Gasteiger charge is 2.35. The molecular formula is C22H27N3O4S. The van der Waals surface area contributed by atoms with Gasteiger partial charge in [0.15, 0.2) is 6.10 Å². The molecule has 0 spiro atoms. The lowest BCUT2D eigenvalue weighted by molar-refractivity contribution is -0.122. The van der Waals surface area contributed by atoms with E-state index >= 15 is 0 Å². The molecule has 1 amide bonds. The van der Waals surface area contributed by atoms with Gasteiger partial charge in [-0.15, -0.1) is 0 Å². The number of benzene rings is 2. The standard InChI is InChI=1S/C22H27N3O4S/c1-16-6-11-20-19(14-16)25(30(2,27)28)15-21(29-20)22(26)23-17-7-9-18(10-8-17)24-12-4-3-5-13-24/h6-11,14,21H,3-5,12-13,15H2,1-2H3,(H,23,26)/t21-/m0/s1. The molecular weight excluding hydrogens is 402 g/mol. The Labute approximate surface area is 177 Å². The molecule has 160 valence electrons. The monoisotopic (exact) mass is 429 g/mol. The van der Waals surface area contributed by atoms with Gasteiger partial charge < -0.3 is 15.0 Å². The molecule has 0 bridgehead atoms. The van der Waals surface area contributed by atoms with Gasteiger partial charge in [0.05, 0.1) is 18.5 Å². The number of nitrogens with one attached hydrogen (secondary N) is 1. The summed E-state index contributed by atoms with van der Waals surface area (Å²) in [6.07, 6.45) is 3.89. The lowest BCUT2D eigenvalue weighted by atomic mass is 10.1. The van der Waals surface area contributed by atoms with Crippen molar-refractivity contribution >= 4 is 33.0 Å². The zero-order chi connectivity index (χ0) is 21.3. The summed E-state index contributed by atoms with van der Waals surface area (Å²) in [6.45, 7) is 3.93. The number of nitrogens with zero attached hydrogens (tertiary/aromatic N) is 2. The van der Waals surface area contributed by atoms with E-state index in [9.17, 15) is 13.2 Å². The van der Waals surface area contributed by atoms with Crippen LogP contribution in [0.15, 0.2) is 42.5 Å².